The van der Waals surface area contributed by atoms with Crippen LogP contribution in [0.25, 0.3) is 11.5 Å². The summed E-state index contributed by atoms with van der Waals surface area (Å²) in [5.41, 5.74) is 0.883. The third kappa shape index (κ3) is 5.91. The molecule has 0 saturated heterocycles. The predicted octanol–water partition coefficient (Wildman–Crippen LogP) is 2.48. The highest BCUT2D eigenvalue weighted by Gasteiger charge is 2.21. The van der Waals surface area contributed by atoms with Crippen LogP contribution in [0.3, 0.4) is 0 Å². The van der Waals surface area contributed by atoms with Gasteiger partial charge in [0.1, 0.15) is 0 Å². The molecule has 7 heteroatoms. The van der Waals surface area contributed by atoms with Crippen molar-refractivity contribution in [3.05, 3.63) is 36.2 Å². The molecule has 0 bridgehead atoms. The Kier molecular flexibility index (Phi) is 6.96. The third-order valence-corrected chi connectivity index (χ3v) is 4.75. The van der Waals surface area contributed by atoms with E-state index in [2.05, 4.69) is 20.8 Å². The monoisotopic (exact) mass is 370 g/mol. The van der Waals surface area contributed by atoms with Gasteiger partial charge >= 0.3 is 0 Å². The van der Waals surface area contributed by atoms with Gasteiger partial charge in [0.2, 0.25) is 23.6 Å². The number of amides is 2. The zero-order valence-electron chi connectivity index (χ0n) is 15.4. The van der Waals surface area contributed by atoms with Gasteiger partial charge in [-0.2, -0.15) is 0 Å². The van der Waals surface area contributed by atoms with Crippen molar-refractivity contribution in [1.82, 2.24) is 20.8 Å². The van der Waals surface area contributed by atoms with Gasteiger partial charge in [0.25, 0.3) is 0 Å². The van der Waals surface area contributed by atoms with Crippen molar-refractivity contribution in [2.45, 2.75) is 44.9 Å². The molecule has 0 atom stereocenters. The molecule has 144 valence electrons. The molecular formula is C20H26N4O3. The molecular weight excluding hydrogens is 344 g/mol. The summed E-state index contributed by atoms with van der Waals surface area (Å²) in [7, 11) is 0. The Bertz CT molecular complexity index is 739. The lowest BCUT2D eigenvalue weighted by molar-refractivity contribution is -0.125. The summed E-state index contributed by atoms with van der Waals surface area (Å²) in [4.78, 5) is 23.7. The molecule has 0 radical (unpaired) electrons. The molecule has 1 aliphatic rings. The van der Waals surface area contributed by atoms with Crippen molar-refractivity contribution < 1.29 is 14.0 Å². The first kappa shape index (κ1) is 19.1. The van der Waals surface area contributed by atoms with E-state index in [1.54, 1.807) is 0 Å². The molecule has 0 spiro atoms. The molecule has 1 aromatic heterocycles. The summed E-state index contributed by atoms with van der Waals surface area (Å²) in [6.45, 7) is 0.932. The molecule has 1 aromatic carbocycles. The van der Waals surface area contributed by atoms with E-state index in [1.807, 2.05) is 30.3 Å². The highest BCUT2D eigenvalue weighted by Crippen LogP contribution is 2.24. The van der Waals surface area contributed by atoms with Gasteiger partial charge in [-0.25, -0.2) is 0 Å². The van der Waals surface area contributed by atoms with Gasteiger partial charge in [-0.1, -0.05) is 31.0 Å². The van der Waals surface area contributed by atoms with Crippen LogP contribution < -0.4 is 10.6 Å². The maximum Gasteiger partial charge on any atom is 0.247 e. The summed E-state index contributed by atoms with van der Waals surface area (Å²) in [5.74, 6) is 1.27. The van der Waals surface area contributed by atoms with Crippen LogP contribution in [0.15, 0.2) is 34.7 Å². The van der Waals surface area contributed by atoms with Crippen LogP contribution in [0, 0.1) is 5.92 Å². The number of nitrogens with zero attached hydrogens (tertiary/aromatic N) is 2. The number of hydrogen-bond donors (Lipinski definition) is 2. The fourth-order valence-electron chi connectivity index (χ4n) is 3.26. The average molecular weight is 370 g/mol. The van der Waals surface area contributed by atoms with E-state index < -0.39 is 0 Å². The summed E-state index contributed by atoms with van der Waals surface area (Å²) < 4.78 is 5.62. The summed E-state index contributed by atoms with van der Waals surface area (Å²) in [5, 5.41) is 13.8. The van der Waals surface area contributed by atoms with E-state index in [-0.39, 0.29) is 17.7 Å². The first-order chi connectivity index (χ1) is 13.2. The number of carbonyl (C=O) groups excluding carboxylic acids is 2. The largest absolute Gasteiger partial charge is 0.421 e. The van der Waals surface area contributed by atoms with Crippen molar-refractivity contribution in [3.63, 3.8) is 0 Å². The molecule has 1 aliphatic carbocycles. The highest BCUT2D eigenvalue weighted by molar-refractivity contribution is 5.79. The number of nitrogens with one attached hydrogen (secondary N) is 2. The van der Waals surface area contributed by atoms with Gasteiger partial charge in [0, 0.05) is 37.4 Å². The van der Waals surface area contributed by atoms with Crippen molar-refractivity contribution in [3.8, 4) is 11.5 Å². The van der Waals surface area contributed by atoms with E-state index in [1.165, 1.54) is 0 Å². The molecule has 1 heterocycles. The zero-order valence-corrected chi connectivity index (χ0v) is 15.4. The average Bonchev–Trinajstić information content (AvgIpc) is 3.38. The number of benzene rings is 1. The van der Waals surface area contributed by atoms with Crippen molar-refractivity contribution in [2.75, 3.05) is 13.1 Å². The predicted molar refractivity (Wildman–Crippen MR) is 101 cm³/mol. The SMILES string of the molecule is O=C(CCCc1nnc(-c2ccccc2)o1)NCCNC(=O)C1CCCC1. The number of aromatic nitrogens is 2. The highest BCUT2D eigenvalue weighted by atomic mass is 16.4. The summed E-state index contributed by atoms with van der Waals surface area (Å²) >= 11 is 0. The van der Waals surface area contributed by atoms with Crippen LogP contribution in [0.4, 0.5) is 0 Å². The number of hydrogen-bond acceptors (Lipinski definition) is 5. The maximum absolute atomic E-state index is 11.9. The van der Waals surface area contributed by atoms with Gasteiger partial charge in [0.15, 0.2) is 0 Å². The smallest absolute Gasteiger partial charge is 0.247 e. The Morgan fingerprint density at radius 1 is 1.04 bits per heavy atom. The lowest BCUT2D eigenvalue weighted by Gasteiger charge is -2.10. The second-order valence-corrected chi connectivity index (χ2v) is 6.84. The molecule has 3 rings (SSSR count). The molecule has 1 saturated carbocycles. The van der Waals surface area contributed by atoms with Crippen LogP contribution >= 0.6 is 0 Å². The third-order valence-electron chi connectivity index (χ3n) is 4.75. The Hall–Kier alpha value is -2.70. The van der Waals surface area contributed by atoms with Crippen LogP contribution in [0.2, 0.25) is 0 Å². The number of rotatable bonds is 9. The fraction of sp³-hybridized carbons (Fsp3) is 0.500. The minimum Gasteiger partial charge on any atom is -0.421 e. The molecule has 1 fully saturated rings. The number of aryl methyl sites for hydroxylation is 1. The lowest BCUT2D eigenvalue weighted by atomic mass is 10.1. The Labute approximate surface area is 158 Å². The Morgan fingerprint density at radius 3 is 2.56 bits per heavy atom. The van der Waals surface area contributed by atoms with Gasteiger partial charge in [-0.15, -0.1) is 10.2 Å². The van der Waals surface area contributed by atoms with E-state index in [0.29, 0.717) is 44.1 Å². The number of carbonyl (C=O) groups is 2. The first-order valence-electron chi connectivity index (χ1n) is 9.64. The van der Waals surface area contributed by atoms with E-state index in [4.69, 9.17) is 4.42 Å². The van der Waals surface area contributed by atoms with Crippen molar-refractivity contribution >= 4 is 11.8 Å². The molecule has 0 unspecified atom stereocenters. The second kappa shape index (κ2) is 9.85. The molecule has 2 amide bonds. The lowest BCUT2D eigenvalue weighted by Crippen LogP contribution is -2.37. The minimum atomic E-state index is -0.0343. The minimum absolute atomic E-state index is 0.0343. The summed E-state index contributed by atoms with van der Waals surface area (Å²) in [6.07, 6.45) is 5.84. The zero-order chi connectivity index (χ0) is 18.9. The Morgan fingerprint density at radius 2 is 1.78 bits per heavy atom. The van der Waals surface area contributed by atoms with Crippen molar-refractivity contribution in [1.29, 1.82) is 0 Å². The first-order valence-corrected chi connectivity index (χ1v) is 9.64. The van der Waals surface area contributed by atoms with Gasteiger partial charge < -0.3 is 15.1 Å². The maximum atomic E-state index is 11.9. The van der Waals surface area contributed by atoms with Crippen LogP contribution in [-0.4, -0.2) is 35.1 Å². The summed E-state index contributed by atoms with van der Waals surface area (Å²) in [6, 6.07) is 9.59. The van der Waals surface area contributed by atoms with Crippen molar-refractivity contribution in [2.24, 2.45) is 5.92 Å². The second-order valence-electron chi connectivity index (χ2n) is 6.84. The van der Waals surface area contributed by atoms with E-state index in [9.17, 15) is 9.59 Å². The van der Waals surface area contributed by atoms with E-state index >= 15 is 0 Å². The molecule has 0 aliphatic heterocycles. The quantitative estimate of drug-likeness (QED) is 0.661. The molecule has 2 N–H and O–H groups in total. The molecule has 7 nitrogen and oxygen atoms in total. The Balaban J connectivity index is 1.28. The van der Waals surface area contributed by atoms with Crippen LogP contribution in [0.1, 0.15) is 44.4 Å². The van der Waals surface area contributed by atoms with Gasteiger partial charge in [-0.05, 0) is 31.4 Å². The van der Waals surface area contributed by atoms with Gasteiger partial charge in [0.05, 0.1) is 0 Å². The molecule has 27 heavy (non-hydrogen) atoms. The van der Waals surface area contributed by atoms with E-state index in [0.717, 1.165) is 31.2 Å². The normalized spacial score (nSPS) is 14.2. The molecule has 2 aromatic rings. The van der Waals surface area contributed by atoms with Gasteiger partial charge in [-0.3, -0.25) is 9.59 Å². The van der Waals surface area contributed by atoms with Crippen LogP contribution in [-0.2, 0) is 16.0 Å². The van der Waals surface area contributed by atoms with Crippen LogP contribution in [0.5, 0.6) is 0 Å². The standard InChI is InChI=1S/C20H26N4O3/c25-17(21-13-14-22-19(26)15-7-4-5-8-15)11-6-12-18-23-24-20(27-18)16-9-2-1-3-10-16/h1-3,9-10,15H,4-8,11-14H2,(H,21,25)(H,22,26). The fourth-order valence-corrected chi connectivity index (χ4v) is 3.26. The topological polar surface area (TPSA) is 97.1 Å².